The fraction of sp³-hybridized carbons (Fsp3) is 0. The van der Waals surface area contributed by atoms with Crippen LogP contribution in [0.5, 0.6) is 0 Å². The number of pyridine rings is 1. The molecule has 13 heavy (non-hydrogen) atoms. The number of nitriles is 1. The van der Waals surface area contributed by atoms with Crippen molar-refractivity contribution in [2.24, 2.45) is 4.99 Å². The van der Waals surface area contributed by atoms with Crippen LogP contribution in [0.25, 0.3) is 6.08 Å². The van der Waals surface area contributed by atoms with Crippen LogP contribution in [0.2, 0.25) is 5.02 Å². The molecule has 64 valence electrons. The molecular weight excluding hydrogens is 186 g/mol. The Morgan fingerprint density at radius 2 is 2.38 bits per heavy atom. The molecule has 1 aromatic rings. The van der Waals surface area contributed by atoms with Crippen LogP contribution in [0, 0.1) is 11.3 Å². The highest BCUT2D eigenvalue weighted by molar-refractivity contribution is 6.34. The van der Waals surface area contributed by atoms with Gasteiger partial charge in [-0.15, -0.1) is 0 Å². The molecule has 1 aromatic heterocycles. The number of aliphatic imine (C=N–C) groups is 1. The van der Waals surface area contributed by atoms with Gasteiger partial charge in [0.15, 0.2) is 0 Å². The molecule has 1 heterocycles. The smallest absolute Gasteiger partial charge is 0.108 e. The Balaban J connectivity index is 3.51. The van der Waals surface area contributed by atoms with E-state index in [1.54, 1.807) is 0 Å². The van der Waals surface area contributed by atoms with Crippen LogP contribution in [0.4, 0.5) is 5.69 Å². The molecule has 0 aliphatic heterocycles. The Bertz CT molecular complexity index is 404. The second kappa shape index (κ2) is 3.83. The third-order valence-electron chi connectivity index (χ3n) is 1.49. The minimum atomic E-state index is 0.266. The zero-order valence-corrected chi connectivity index (χ0v) is 7.54. The summed E-state index contributed by atoms with van der Waals surface area (Å²) in [7, 11) is 0. The molecule has 0 N–H and O–H groups in total. The van der Waals surface area contributed by atoms with Crippen molar-refractivity contribution >= 4 is 30.1 Å². The van der Waals surface area contributed by atoms with E-state index in [9.17, 15) is 0 Å². The lowest BCUT2D eigenvalue weighted by atomic mass is 10.2. The molecule has 3 nitrogen and oxygen atoms in total. The minimum absolute atomic E-state index is 0.266. The van der Waals surface area contributed by atoms with Crippen molar-refractivity contribution in [1.82, 2.24) is 4.98 Å². The molecule has 0 aromatic carbocycles. The van der Waals surface area contributed by atoms with Crippen LogP contribution >= 0.6 is 11.6 Å². The minimum Gasteiger partial charge on any atom is -0.261 e. The molecule has 0 unspecified atom stereocenters. The first-order valence-corrected chi connectivity index (χ1v) is 3.80. The lowest BCUT2D eigenvalue weighted by molar-refractivity contribution is 1.26. The maximum absolute atomic E-state index is 8.64. The topological polar surface area (TPSA) is 49.0 Å². The largest absolute Gasteiger partial charge is 0.261 e. The van der Waals surface area contributed by atoms with Gasteiger partial charge >= 0.3 is 0 Å². The van der Waals surface area contributed by atoms with Crippen molar-refractivity contribution in [3.8, 4) is 6.07 Å². The molecule has 0 aliphatic carbocycles. The van der Waals surface area contributed by atoms with Crippen LogP contribution in [0.1, 0.15) is 11.3 Å². The molecule has 0 atom stereocenters. The van der Waals surface area contributed by atoms with Gasteiger partial charge in [0.25, 0.3) is 0 Å². The standard InChI is InChI=1S/C9H6ClN3/c1-3-7-9(12-2)8(10)6(4-11)5-13-7/h3,5H,1-2H2. The van der Waals surface area contributed by atoms with Crippen LogP contribution in [-0.2, 0) is 0 Å². The number of aromatic nitrogens is 1. The summed E-state index contributed by atoms with van der Waals surface area (Å²) >= 11 is 5.85. The highest BCUT2D eigenvalue weighted by Crippen LogP contribution is 2.30. The van der Waals surface area contributed by atoms with Gasteiger partial charge in [0.05, 0.1) is 16.3 Å². The molecule has 0 saturated heterocycles. The molecule has 0 amide bonds. The first-order chi connectivity index (χ1) is 6.24. The van der Waals surface area contributed by atoms with E-state index in [0.717, 1.165) is 0 Å². The van der Waals surface area contributed by atoms with E-state index in [1.165, 1.54) is 12.3 Å². The fourth-order valence-electron chi connectivity index (χ4n) is 0.870. The van der Waals surface area contributed by atoms with Crippen molar-refractivity contribution in [1.29, 1.82) is 5.26 Å². The molecule has 4 heteroatoms. The summed E-state index contributed by atoms with van der Waals surface area (Å²) in [6, 6.07) is 1.90. The Kier molecular flexibility index (Phi) is 2.78. The summed E-state index contributed by atoms with van der Waals surface area (Å²) in [5.41, 5.74) is 1.21. The normalized spacial score (nSPS) is 8.92. The third kappa shape index (κ3) is 1.58. The van der Waals surface area contributed by atoms with Crippen LogP contribution in [-0.4, -0.2) is 11.7 Å². The summed E-state index contributed by atoms with van der Waals surface area (Å²) in [5.74, 6) is 0. The summed E-state index contributed by atoms with van der Waals surface area (Å²) in [5, 5.41) is 8.91. The molecule has 0 saturated carbocycles. The molecule has 0 fully saturated rings. The van der Waals surface area contributed by atoms with Crippen molar-refractivity contribution in [3.63, 3.8) is 0 Å². The van der Waals surface area contributed by atoms with E-state index < -0.39 is 0 Å². The molecule has 0 aliphatic rings. The second-order valence-corrected chi connectivity index (χ2v) is 2.57. The van der Waals surface area contributed by atoms with Crippen LogP contribution < -0.4 is 0 Å². The van der Waals surface area contributed by atoms with Gasteiger partial charge in [0, 0.05) is 6.20 Å². The first kappa shape index (κ1) is 9.43. The van der Waals surface area contributed by atoms with Gasteiger partial charge in [-0.1, -0.05) is 18.2 Å². The van der Waals surface area contributed by atoms with Crippen molar-refractivity contribution in [2.75, 3.05) is 0 Å². The van der Waals surface area contributed by atoms with Crippen molar-refractivity contribution in [2.45, 2.75) is 0 Å². The highest BCUT2D eigenvalue weighted by Gasteiger charge is 2.09. The Morgan fingerprint density at radius 3 is 2.85 bits per heavy atom. The van der Waals surface area contributed by atoms with E-state index in [4.69, 9.17) is 16.9 Å². The zero-order valence-electron chi connectivity index (χ0n) is 6.79. The predicted molar refractivity (Wildman–Crippen MR) is 53.3 cm³/mol. The monoisotopic (exact) mass is 191 g/mol. The Morgan fingerprint density at radius 1 is 1.69 bits per heavy atom. The average Bonchev–Trinajstić information content (AvgIpc) is 2.17. The highest BCUT2D eigenvalue weighted by atomic mass is 35.5. The number of hydrogen-bond donors (Lipinski definition) is 0. The number of nitrogens with zero attached hydrogens (tertiary/aromatic N) is 3. The van der Waals surface area contributed by atoms with Crippen LogP contribution in [0.15, 0.2) is 17.8 Å². The van der Waals surface area contributed by atoms with Gasteiger partial charge in [-0.05, 0) is 12.8 Å². The fourth-order valence-corrected chi connectivity index (χ4v) is 1.12. The lowest BCUT2D eigenvalue weighted by Gasteiger charge is -2.02. The number of halogens is 1. The first-order valence-electron chi connectivity index (χ1n) is 3.42. The van der Waals surface area contributed by atoms with Gasteiger partial charge < -0.3 is 0 Å². The summed E-state index contributed by atoms with van der Waals surface area (Å²) in [6.45, 7) is 6.89. The van der Waals surface area contributed by atoms with Gasteiger partial charge in [0.1, 0.15) is 11.8 Å². The van der Waals surface area contributed by atoms with Gasteiger partial charge in [-0.25, -0.2) is 0 Å². The van der Waals surface area contributed by atoms with E-state index in [-0.39, 0.29) is 10.6 Å². The van der Waals surface area contributed by atoms with Gasteiger partial charge in [-0.2, -0.15) is 5.26 Å². The van der Waals surface area contributed by atoms with Gasteiger partial charge in [-0.3, -0.25) is 9.98 Å². The molecule has 0 bridgehead atoms. The third-order valence-corrected chi connectivity index (χ3v) is 1.87. The van der Waals surface area contributed by atoms with Gasteiger partial charge in [0.2, 0.25) is 0 Å². The molecular formula is C9H6ClN3. The van der Waals surface area contributed by atoms with E-state index in [1.807, 2.05) is 6.07 Å². The Hall–Kier alpha value is -1.66. The average molecular weight is 192 g/mol. The zero-order chi connectivity index (χ0) is 9.84. The van der Waals surface area contributed by atoms with Crippen molar-refractivity contribution in [3.05, 3.63) is 29.1 Å². The quantitative estimate of drug-likeness (QED) is 0.675. The Labute approximate surface area is 81.0 Å². The number of hydrogen-bond acceptors (Lipinski definition) is 3. The van der Waals surface area contributed by atoms with Crippen LogP contribution in [0.3, 0.4) is 0 Å². The molecule has 0 spiro atoms. The summed E-state index contributed by atoms with van der Waals surface area (Å²) in [4.78, 5) is 7.62. The van der Waals surface area contributed by atoms with Crippen molar-refractivity contribution < 1.29 is 0 Å². The van der Waals surface area contributed by atoms with E-state index in [2.05, 4.69) is 23.3 Å². The summed E-state index contributed by atoms with van der Waals surface area (Å²) in [6.07, 6.45) is 2.89. The SMILES string of the molecule is C=Cc1ncc(C#N)c(Cl)c1N=C. The molecule has 1 rings (SSSR count). The lowest BCUT2D eigenvalue weighted by Crippen LogP contribution is -1.86. The maximum atomic E-state index is 8.64. The maximum Gasteiger partial charge on any atom is 0.108 e. The van der Waals surface area contributed by atoms with E-state index in [0.29, 0.717) is 11.4 Å². The molecule has 0 radical (unpaired) electrons. The van der Waals surface area contributed by atoms with E-state index >= 15 is 0 Å². The summed E-state index contributed by atoms with van der Waals surface area (Å²) < 4.78 is 0. The predicted octanol–water partition coefficient (Wildman–Crippen LogP) is 2.58. The number of rotatable bonds is 2. The second-order valence-electron chi connectivity index (χ2n) is 2.19.